The van der Waals surface area contributed by atoms with Crippen molar-refractivity contribution in [1.29, 1.82) is 0 Å². The average molecular weight is 332 g/mol. The zero-order valence-electron chi connectivity index (χ0n) is 13.5. The lowest BCUT2D eigenvalue weighted by molar-refractivity contribution is 0.0927. The highest BCUT2D eigenvalue weighted by atomic mass is 19.1. The quantitative estimate of drug-likeness (QED) is 0.827. The Morgan fingerprint density at radius 3 is 1.50 bits per heavy atom. The summed E-state index contributed by atoms with van der Waals surface area (Å²) in [7, 11) is 0. The Bertz CT molecular complexity index is 710. The summed E-state index contributed by atoms with van der Waals surface area (Å²) in [5.41, 5.74) is 1.35. The molecule has 0 aliphatic heterocycles. The molecule has 0 atom stereocenters. The van der Waals surface area contributed by atoms with Crippen molar-refractivity contribution >= 4 is 11.8 Å². The zero-order valence-corrected chi connectivity index (χ0v) is 13.5. The maximum atomic E-state index is 13.4. The molecular formula is C18H18F2N2O2. The van der Waals surface area contributed by atoms with E-state index in [0.29, 0.717) is 11.1 Å². The normalized spacial score (nSPS) is 10.3. The van der Waals surface area contributed by atoms with Crippen molar-refractivity contribution in [1.82, 2.24) is 10.6 Å². The van der Waals surface area contributed by atoms with Crippen molar-refractivity contribution in [2.45, 2.75) is 13.8 Å². The van der Waals surface area contributed by atoms with Crippen LogP contribution in [0.25, 0.3) is 0 Å². The lowest BCUT2D eigenvalue weighted by atomic mass is 10.1. The SMILES string of the molecule is Cc1ccc(C(=O)NCCNC(=O)c2ccc(C)c(F)c2)cc1F. The summed E-state index contributed by atoms with van der Waals surface area (Å²) in [4.78, 5) is 23.7. The molecule has 0 aliphatic rings. The molecule has 126 valence electrons. The van der Waals surface area contributed by atoms with E-state index in [0.717, 1.165) is 0 Å². The monoisotopic (exact) mass is 332 g/mol. The van der Waals surface area contributed by atoms with Crippen molar-refractivity contribution in [3.8, 4) is 0 Å². The predicted molar refractivity (Wildman–Crippen MR) is 86.9 cm³/mol. The summed E-state index contributed by atoms with van der Waals surface area (Å²) in [5, 5.41) is 5.16. The minimum absolute atomic E-state index is 0.175. The minimum Gasteiger partial charge on any atom is -0.350 e. The van der Waals surface area contributed by atoms with Gasteiger partial charge in [0, 0.05) is 24.2 Å². The van der Waals surface area contributed by atoms with Gasteiger partial charge in [0.25, 0.3) is 11.8 Å². The van der Waals surface area contributed by atoms with Crippen LogP contribution in [0.3, 0.4) is 0 Å². The number of carbonyl (C=O) groups excluding carboxylic acids is 2. The topological polar surface area (TPSA) is 58.2 Å². The van der Waals surface area contributed by atoms with Crippen LogP contribution in [0.15, 0.2) is 36.4 Å². The molecule has 6 heteroatoms. The third-order valence-electron chi connectivity index (χ3n) is 3.56. The van der Waals surface area contributed by atoms with Crippen LogP contribution in [-0.2, 0) is 0 Å². The molecule has 0 unspecified atom stereocenters. The molecule has 2 aromatic carbocycles. The molecule has 0 saturated carbocycles. The fraction of sp³-hybridized carbons (Fsp3) is 0.222. The molecule has 2 aromatic rings. The summed E-state index contributed by atoms with van der Waals surface area (Å²) in [6, 6.07) is 8.44. The number of aryl methyl sites for hydroxylation is 2. The minimum atomic E-state index is -0.447. The van der Waals surface area contributed by atoms with Gasteiger partial charge in [-0.3, -0.25) is 9.59 Å². The largest absolute Gasteiger partial charge is 0.350 e. The van der Waals surface area contributed by atoms with Gasteiger partial charge in [-0.2, -0.15) is 0 Å². The van der Waals surface area contributed by atoms with Crippen LogP contribution in [-0.4, -0.2) is 24.9 Å². The lowest BCUT2D eigenvalue weighted by Crippen LogP contribution is -2.34. The van der Waals surface area contributed by atoms with E-state index in [1.54, 1.807) is 13.8 Å². The van der Waals surface area contributed by atoms with E-state index in [1.165, 1.54) is 36.4 Å². The highest BCUT2D eigenvalue weighted by molar-refractivity contribution is 5.95. The Morgan fingerprint density at radius 2 is 1.17 bits per heavy atom. The van der Waals surface area contributed by atoms with Gasteiger partial charge in [-0.15, -0.1) is 0 Å². The van der Waals surface area contributed by atoms with Gasteiger partial charge in [0.1, 0.15) is 11.6 Å². The second-order valence-corrected chi connectivity index (χ2v) is 5.44. The summed E-state index contributed by atoms with van der Waals surface area (Å²) in [5.74, 6) is -1.75. The number of hydrogen-bond donors (Lipinski definition) is 2. The summed E-state index contributed by atoms with van der Waals surface area (Å²) in [6.07, 6.45) is 0. The van der Waals surface area contributed by atoms with Gasteiger partial charge in [-0.05, 0) is 49.2 Å². The van der Waals surface area contributed by atoms with Crippen LogP contribution < -0.4 is 10.6 Å². The maximum Gasteiger partial charge on any atom is 0.251 e. The first-order valence-corrected chi connectivity index (χ1v) is 7.47. The van der Waals surface area contributed by atoms with Crippen LogP contribution in [0, 0.1) is 25.5 Å². The van der Waals surface area contributed by atoms with Gasteiger partial charge in [-0.25, -0.2) is 8.78 Å². The molecule has 0 radical (unpaired) electrons. The molecule has 2 rings (SSSR count). The molecule has 0 saturated heterocycles. The molecule has 0 fully saturated rings. The number of hydrogen-bond acceptors (Lipinski definition) is 2. The number of nitrogens with one attached hydrogen (secondary N) is 2. The first-order valence-electron chi connectivity index (χ1n) is 7.47. The highest BCUT2D eigenvalue weighted by Gasteiger charge is 2.09. The Labute approximate surface area is 138 Å². The molecule has 0 heterocycles. The van der Waals surface area contributed by atoms with Gasteiger partial charge >= 0.3 is 0 Å². The standard InChI is InChI=1S/C18H18F2N2O2/c1-11-3-5-13(9-15(11)19)17(23)21-7-8-22-18(24)14-6-4-12(2)16(20)10-14/h3-6,9-10H,7-8H2,1-2H3,(H,21,23)(H,22,24). The Morgan fingerprint density at radius 1 is 0.792 bits per heavy atom. The average Bonchev–Trinajstić information content (AvgIpc) is 2.56. The van der Waals surface area contributed by atoms with Gasteiger partial charge in [0.15, 0.2) is 0 Å². The summed E-state index contributed by atoms with van der Waals surface area (Å²) < 4.78 is 26.8. The van der Waals surface area contributed by atoms with Gasteiger partial charge in [0.2, 0.25) is 0 Å². The maximum absolute atomic E-state index is 13.4. The molecule has 24 heavy (non-hydrogen) atoms. The molecular weight excluding hydrogens is 314 g/mol. The van der Waals surface area contributed by atoms with Gasteiger partial charge in [-0.1, -0.05) is 12.1 Å². The molecule has 2 N–H and O–H groups in total. The molecule has 0 aliphatic carbocycles. The van der Waals surface area contributed by atoms with E-state index in [9.17, 15) is 18.4 Å². The Kier molecular flexibility index (Phi) is 5.63. The summed E-state index contributed by atoms with van der Waals surface area (Å²) >= 11 is 0. The Hall–Kier alpha value is -2.76. The number of carbonyl (C=O) groups is 2. The van der Waals surface area contributed by atoms with Crippen molar-refractivity contribution in [2.75, 3.05) is 13.1 Å². The van der Waals surface area contributed by atoms with E-state index < -0.39 is 23.4 Å². The molecule has 0 spiro atoms. The van der Waals surface area contributed by atoms with Crippen molar-refractivity contribution in [3.63, 3.8) is 0 Å². The van der Waals surface area contributed by atoms with E-state index in [4.69, 9.17) is 0 Å². The van der Waals surface area contributed by atoms with Crippen molar-refractivity contribution < 1.29 is 18.4 Å². The van der Waals surface area contributed by atoms with Crippen LogP contribution in [0.1, 0.15) is 31.8 Å². The number of amides is 2. The molecule has 2 amide bonds. The molecule has 0 aromatic heterocycles. The molecule has 0 bridgehead atoms. The van der Waals surface area contributed by atoms with Crippen LogP contribution >= 0.6 is 0 Å². The van der Waals surface area contributed by atoms with E-state index in [2.05, 4.69) is 10.6 Å². The fourth-order valence-corrected chi connectivity index (χ4v) is 2.02. The Balaban J connectivity index is 1.81. The van der Waals surface area contributed by atoms with E-state index in [1.807, 2.05) is 0 Å². The summed E-state index contributed by atoms with van der Waals surface area (Å²) in [6.45, 7) is 3.57. The predicted octanol–water partition coefficient (Wildman–Crippen LogP) is 2.74. The number of rotatable bonds is 5. The number of halogens is 2. The molecule has 4 nitrogen and oxygen atoms in total. The third-order valence-corrected chi connectivity index (χ3v) is 3.56. The van der Waals surface area contributed by atoms with Crippen molar-refractivity contribution in [2.24, 2.45) is 0 Å². The van der Waals surface area contributed by atoms with Crippen LogP contribution in [0.2, 0.25) is 0 Å². The second kappa shape index (κ2) is 7.68. The number of benzene rings is 2. The van der Waals surface area contributed by atoms with E-state index >= 15 is 0 Å². The van der Waals surface area contributed by atoms with E-state index in [-0.39, 0.29) is 24.2 Å². The zero-order chi connectivity index (χ0) is 17.7. The first kappa shape index (κ1) is 17.6. The smallest absolute Gasteiger partial charge is 0.251 e. The third kappa shape index (κ3) is 4.38. The van der Waals surface area contributed by atoms with Gasteiger partial charge < -0.3 is 10.6 Å². The lowest BCUT2D eigenvalue weighted by Gasteiger charge is -2.08. The first-order chi connectivity index (χ1) is 11.4. The van der Waals surface area contributed by atoms with Crippen molar-refractivity contribution in [3.05, 3.63) is 70.3 Å². The fourth-order valence-electron chi connectivity index (χ4n) is 2.02. The second-order valence-electron chi connectivity index (χ2n) is 5.44. The van der Waals surface area contributed by atoms with Crippen LogP contribution in [0.4, 0.5) is 8.78 Å². The van der Waals surface area contributed by atoms with Crippen LogP contribution in [0.5, 0.6) is 0 Å². The van der Waals surface area contributed by atoms with Gasteiger partial charge in [0.05, 0.1) is 0 Å². The highest BCUT2D eigenvalue weighted by Crippen LogP contribution is 2.09.